The van der Waals surface area contributed by atoms with Gasteiger partial charge in [0, 0.05) is 25.5 Å². The Kier molecular flexibility index (Phi) is 4.91. The molecule has 0 aliphatic rings. The van der Waals surface area contributed by atoms with E-state index in [4.69, 9.17) is 5.26 Å². The number of aromatic nitrogens is 2. The zero-order chi connectivity index (χ0) is 14.4. The second-order valence-electron chi connectivity index (χ2n) is 5.17. The van der Waals surface area contributed by atoms with E-state index >= 15 is 0 Å². The number of hydrogen-bond donors (Lipinski definition) is 1. The molecule has 0 saturated carbocycles. The maximum Gasteiger partial charge on any atom is 0.105 e. The van der Waals surface area contributed by atoms with Gasteiger partial charge in [-0.05, 0) is 37.1 Å². The zero-order valence-corrected chi connectivity index (χ0v) is 12.0. The van der Waals surface area contributed by atoms with Gasteiger partial charge in [-0.15, -0.1) is 0 Å². The van der Waals surface area contributed by atoms with Crippen molar-refractivity contribution in [2.24, 2.45) is 5.92 Å². The standard InChI is InChI=1S/C16H20N4/c1-13(12-20-8-7-19-14(20)2)10-18-11-16-5-3-15(9-17)4-6-16/h3-8,13,18H,10-12H2,1-2H3. The summed E-state index contributed by atoms with van der Waals surface area (Å²) in [6.45, 7) is 7.02. The van der Waals surface area contributed by atoms with Crippen molar-refractivity contribution >= 4 is 0 Å². The third-order valence-electron chi connectivity index (χ3n) is 3.34. The molecular weight excluding hydrogens is 248 g/mol. The van der Waals surface area contributed by atoms with Gasteiger partial charge in [0.2, 0.25) is 0 Å². The van der Waals surface area contributed by atoms with Crippen molar-refractivity contribution in [3.8, 4) is 6.07 Å². The SMILES string of the molecule is Cc1nccn1CC(C)CNCc1ccc(C#N)cc1. The van der Waals surface area contributed by atoms with Crippen molar-refractivity contribution in [1.82, 2.24) is 14.9 Å². The third kappa shape index (κ3) is 3.94. The minimum absolute atomic E-state index is 0.543. The lowest BCUT2D eigenvalue weighted by atomic mass is 10.1. The Morgan fingerprint density at radius 2 is 2.10 bits per heavy atom. The van der Waals surface area contributed by atoms with Gasteiger partial charge in [0.1, 0.15) is 5.82 Å². The van der Waals surface area contributed by atoms with Crippen molar-refractivity contribution in [2.75, 3.05) is 6.54 Å². The molecule has 1 N–H and O–H groups in total. The van der Waals surface area contributed by atoms with Gasteiger partial charge in [-0.3, -0.25) is 0 Å². The average molecular weight is 268 g/mol. The van der Waals surface area contributed by atoms with Crippen LogP contribution in [0.1, 0.15) is 23.9 Å². The smallest absolute Gasteiger partial charge is 0.105 e. The van der Waals surface area contributed by atoms with Crippen LogP contribution in [0.4, 0.5) is 0 Å². The van der Waals surface area contributed by atoms with E-state index in [2.05, 4.69) is 27.9 Å². The topological polar surface area (TPSA) is 53.6 Å². The van der Waals surface area contributed by atoms with Gasteiger partial charge < -0.3 is 9.88 Å². The van der Waals surface area contributed by atoms with Crippen LogP contribution in [0.3, 0.4) is 0 Å². The second-order valence-corrected chi connectivity index (χ2v) is 5.17. The van der Waals surface area contributed by atoms with Crippen molar-refractivity contribution in [3.05, 3.63) is 53.6 Å². The van der Waals surface area contributed by atoms with E-state index in [1.54, 1.807) is 0 Å². The minimum atomic E-state index is 0.543. The van der Waals surface area contributed by atoms with Gasteiger partial charge in [-0.1, -0.05) is 19.1 Å². The Bertz CT molecular complexity index is 577. The van der Waals surface area contributed by atoms with E-state index in [0.29, 0.717) is 11.5 Å². The summed E-state index contributed by atoms with van der Waals surface area (Å²) >= 11 is 0. The molecule has 1 heterocycles. The first kappa shape index (κ1) is 14.3. The van der Waals surface area contributed by atoms with Crippen LogP contribution in [-0.2, 0) is 13.1 Å². The average Bonchev–Trinajstić information content (AvgIpc) is 2.85. The Labute approximate surface area is 120 Å². The third-order valence-corrected chi connectivity index (χ3v) is 3.34. The fraction of sp³-hybridized carbons (Fsp3) is 0.375. The molecule has 1 unspecified atom stereocenters. The van der Waals surface area contributed by atoms with Gasteiger partial charge in [0.25, 0.3) is 0 Å². The molecule has 0 aliphatic heterocycles. The monoisotopic (exact) mass is 268 g/mol. The predicted octanol–water partition coefficient (Wildman–Crippen LogP) is 2.49. The van der Waals surface area contributed by atoms with Crippen LogP contribution in [0.15, 0.2) is 36.7 Å². The van der Waals surface area contributed by atoms with Gasteiger partial charge >= 0.3 is 0 Å². The molecule has 104 valence electrons. The van der Waals surface area contributed by atoms with Gasteiger partial charge in [-0.25, -0.2) is 4.98 Å². The highest BCUT2D eigenvalue weighted by Crippen LogP contribution is 2.05. The molecule has 2 aromatic rings. The second kappa shape index (κ2) is 6.88. The molecule has 0 bridgehead atoms. The first-order chi connectivity index (χ1) is 9.69. The first-order valence-electron chi connectivity index (χ1n) is 6.86. The summed E-state index contributed by atoms with van der Waals surface area (Å²) in [6, 6.07) is 9.83. The number of nitriles is 1. The maximum absolute atomic E-state index is 8.75. The summed E-state index contributed by atoms with van der Waals surface area (Å²) < 4.78 is 2.17. The normalized spacial score (nSPS) is 12.1. The van der Waals surface area contributed by atoms with Crippen LogP contribution in [-0.4, -0.2) is 16.1 Å². The number of imidazole rings is 1. The van der Waals surface area contributed by atoms with Crippen LogP contribution in [0.25, 0.3) is 0 Å². The first-order valence-corrected chi connectivity index (χ1v) is 6.86. The lowest BCUT2D eigenvalue weighted by molar-refractivity contribution is 0.440. The molecule has 0 aliphatic carbocycles. The quantitative estimate of drug-likeness (QED) is 0.875. The number of hydrogen-bond acceptors (Lipinski definition) is 3. The molecule has 4 heteroatoms. The van der Waals surface area contributed by atoms with Crippen molar-refractivity contribution in [3.63, 3.8) is 0 Å². The highest BCUT2D eigenvalue weighted by Gasteiger charge is 2.05. The van der Waals surface area contributed by atoms with Gasteiger partial charge in [0.05, 0.1) is 11.6 Å². The Morgan fingerprint density at radius 1 is 1.35 bits per heavy atom. The summed E-state index contributed by atoms with van der Waals surface area (Å²) in [7, 11) is 0. The molecule has 1 atom stereocenters. The van der Waals surface area contributed by atoms with Crippen LogP contribution >= 0.6 is 0 Å². The molecule has 2 rings (SSSR count). The summed E-state index contributed by atoms with van der Waals surface area (Å²) in [5, 5.41) is 12.2. The molecule has 20 heavy (non-hydrogen) atoms. The molecule has 1 aromatic heterocycles. The number of benzene rings is 1. The van der Waals surface area contributed by atoms with Crippen LogP contribution in [0.5, 0.6) is 0 Å². The summed E-state index contributed by atoms with van der Waals surface area (Å²) in [5.74, 6) is 1.60. The van der Waals surface area contributed by atoms with Crippen molar-refractivity contribution in [1.29, 1.82) is 5.26 Å². The van der Waals surface area contributed by atoms with E-state index < -0.39 is 0 Å². The summed E-state index contributed by atoms with van der Waals surface area (Å²) in [5.41, 5.74) is 1.91. The Hall–Kier alpha value is -2.12. The largest absolute Gasteiger partial charge is 0.335 e. The molecule has 0 spiro atoms. The lowest BCUT2D eigenvalue weighted by Crippen LogP contribution is -2.24. The van der Waals surface area contributed by atoms with Crippen molar-refractivity contribution < 1.29 is 0 Å². The zero-order valence-electron chi connectivity index (χ0n) is 12.0. The van der Waals surface area contributed by atoms with Crippen LogP contribution in [0.2, 0.25) is 0 Å². The number of nitrogens with zero attached hydrogens (tertiary/aromatic N) is 3. The van der Waals surface area contributed by atoms with E-state index in [9.17, 15) is 0 Å². The molecule has 4 nitrogen and oxygen atoms in total. The maximum atomic E-state index is 8.75. The molecular formula is C16H20N4. The van der Waals surface area contributed by atoms with E-state index in [0.717, 1.165) is 25.5 Å². The van der Waals surface area contributed by atoms with E-state index in [1.807, 2.05) is 43.6 Å². The van der Waals surface area contributed by atoms with E-state index in [1.165, 1.54) is 5.56 Å². The number of nitrogens with one attached hydrogen (secondary N) is 1. The Morgan fingerprint density at radius 3 is 2.70 bits per heavy atom. The van der Waals surface area contributed by atoms with Gasteiger partial charge in [-0.2, -0.15) is 5.26 Å². The molecule has 0 amide bonds. The summed E-state index contributed by atoms with van der Waals surface area (Å²) in [4.78, 5) is 4.23. The molecule has 1 aromatic carbocycles. The van der Waals surface area contributed by atoms with Crippen LogP contribution < -0.4 is 5.32 Å². The summed E-state index contributed by atoms with van der Waals surface area (Å²) in [6.07, 6.45) is 3.86. The van der Waals surface area contributed by atoms with E-state index in [-0.39, 0.29) is 0 Å². The van der Waals surface area contributed by atoms with Crippen LogP contribution in [0, 0.1) is 24.2 Å². The van der Waals surface area contributed by atoms with Gasteiger partial charge in [0.15, 0.2) is 0 Å². The number of rotatable bonds is 6. The molecule has 0 radical (unpaired) electrons. The fourth-order valence-electron chi connectivity index (χ4n) is 2.16. The van der Waals surface area contributed by atoms with Crippen molar-refractivity contribution in [2.45, 2.75) is 26.9 Å². The molecule has 0 fully saturated rings. The number of aryl methyl sites for hydroxylation is 1. The lowest BCUT2D eigenvalue weighted by Gasteiger charge is -2.14. The predicted molar refractivity (Wildman–Crippen MR) is 79.0 cm³/mol. The highest BCUT2D eigenvalue weighted by atomic mass is 15.1. The molecule has 0 saturated heterocycles. The fourth-order valence-corrected chi connectivity index (χ4v) is 2.16. The minimum Gasteiger partial charge on any atom is -0.335 e. The highest BCUT2D eigenvalue weighted by molar-refractivity contribution is 5.31. The Balaban J connectivity index is 1.75.